The summed E-state index contributed by atoms with van der Waals surface area (Å²) < 4.78 is 2.55. The summed E-state index contributed by atoms with van der Waals surface area (Å²) >= 11 is 3.44. The third-order valence-corrected chi connectivity index (χ3v) is 6.10. The summed E-state index contributed by atoms with van der Waals surface area (Å²) in [7, 11) is 0. The van der Waals surface area contributed by atoms with E-state index in [9.17, 15) is 14.9 Å². The van der Waals surface area contributed by atoms with Gasteiger partial charge in [-0.15, -0.1) is 0 Å². The first-order valence-corrected chi connectivity index (χ1v) is 12.0. The van der Waals surface area contributed by atoms with Gasteiger partial charge in [0.25, 0.3) is 11.6 Å². The number of halogens is 1. The Bertz CT molecular complexity index is 1420. The molecular weight excluding hydrogens is 522 g/mol. The number of rotatable bonds is 6. The highest BCUT2D eigenvalue weighted by atomic mass is 79.9. The van der Waals surface area contributed by atoms with Crippen molar-refractivity contribution in [2.45, 2.75) is 26.2 Å². The number of hydrogen-bond acceptors (Lipinski definition) is 5. The van der Waals surface area contributed by atoms with Gasteiger partial charge in [0, 0.05) is 39.5 Å². The second-order valence-electron chi connectivity index (χ2n) is 9.18. The minimum Gasteiger partial charge on any atom is -0.267 e. The van der Waals surface area contributed by atoms with Gasteiger partial charge < -0.3 is 0 Å². The van der Waals surface area contributed by atoms with Crippen LogP contribution in [0, 0.1) is 10.1 Å². The van der Waals surface area contributed by atoms with Crippen LogP contribution in [0.15, 0.2) is 88.6 Å². The molecule has 36 heavy (non-hydrogen) atoms. The van der Waals surface area contributed by atoms with Crippen molar-refractivity contribution in [3.63, 3.8) is 0 Å². The summed E-state index contributed by atoms with van der Waals surface area (Å²) in [5.41, 5.74) is 7.04. The Morgan fingerprint density at radius 3 is 2.25 bits per heavy atom. The molecule has 1 heterocycles. The molecule has 0 atom stereocenters. The van der Waals surface area contributed by atoms with E-state index in [0.29, 0.717) is 22.5 Å². The van der Waals surface area contributed by atoms with E-state index in [0.717, 1.165) is 15.6 Å². The van der Waals surface area contributed by atoms with Crippen LogP contribution in [0.1, 0.15) is 42.3 Å². The van der Waals surface area contributed by atoms with Gasteiger partial charge in [-0.3, -0.25) is 14.9 Å². The van der Waals surface area contributed by atoms with E-state index in [2.05, 4.69) is 52.3 Å². The Morgan fingerprint density at radius 1 is 1.03 bits per heavy atom. The number of nitro groups is 1. The number of non-ortho nitro benzene ring substituents is 1. The summed E-state index contributed by atoms with van der Waals surface area (Å²) in [4.78, 5) is 23.1. The molecule has 0 saturated carbocycles. The minimum atomic E-state index is -0.447. The van der Waals surface area contributed by atoms with Crippen molar-refractivity contribution in [2.24, 2.45) is 5.10 Å². The van der Waals surface area contributed by atoms with Gasteiger partial charge in [0.2, 0.25) is 0 Å². The molecule has 4 rings (SSSR count). The fourth-order valence-electron chi connectivity index (χ4n) is 3.52. The maximum Gasteiger partial charge on any atom is 0.271 e. The molecule has 0 aliphatic heterocycles. The molecule has 182 valence electrons. The number of benzene rings is 3. The van der Waals surface area contributed by atoms with Gasteiger partial charge in [0.05, 0.1) is 16.8 Å². The monoisotopic (exact) mass is 545 g/mol. The number of amides is 1. The molecule has 1 N–H and O–H groups in total. The molecule has 0 unspecified atom stereocenters. The quantitative estimate of drug-likeness (QED) is 0.175. The third kappa shape index (κ3) is 5.75. The van der Waals surface area contributed by atoms with E-state index >= 15 is 0 Å². The van der Waals surface area contributed by atoms with Crippen molar-refractivity contribution >= 4 is 33.7 Å². The standard InChI is InChI=1S/C27H24BrN5O3/c1-27(2,3)21-8-4-19(5-9-21)26(34)30-29-16-20-17-32(23-12-14-24(15-13-23)33(35)36)31-25(20)18-6-10-22(28)11-7-18/h4-17H,1-3H3,(H,30,34)/b29-16+. The Kier molecular flexibility index (Phi) is 7.12. The number of hydrazone groups is 1. The maximum absolute atomic E-state index is 12.6. The molecule has 0 spiro atoms. The van der Waals surface area contributed by atoms with Gasteiger partial charge in [-0.05, 0) is 47.4 Å². The van der Waals surface area contributed by atoms with E-state index < -0.39 is 4.92 Å². The van der Waals surface area contributed by atoms with Gasteiger partial charge in [-0.2, -0.15) is 10.2 Å². The zero-order chi connectivity index (χ0) is 25.9. The van der Waals surface area contributed by atoms with Crippen molar-refractivity contribution in [1.82, 2.24) is 15.2 Å². The average Bonchev–Trinajstić information content (AvgIpc) is 3.28. The fraction of sp³-hybridized carbons (Fsp3) is 0.148. The number of aromatic nitrogens is 2. The molecule has 1 aromatic heterocycles. The number of nitrogens with one attached hydrogen (secondary N) is 1. The van der Waals surface area contributed by atoms with Crippen molar-refractivity contribution in [2.75, 3.05) is 0 Å². The van der Waals surface area contributed by atoms with Gasteiger partial charge in [-0.25, -0.2) is 10.1 Å². The number of nitrogens with zero attached hydrogens (tertiary/aromatic N) is 4. The summed E-state index contributed by atoms with van der Waals surface area (Å²) in [6.07, 6.45) is 3.29. The lowest BCUT2D eigenvalue weighted by Crippen LogP contribution is -2.18. The van der Waals surface area contributed by atoms with E-state index in [1.165, 1.54) is 18.3 Å². The van der Waals surface area contributed by atoms with Crippen LogP contribution in [0.5, 0.6) is 0 Å². The molecule has 0 aliphatic carbocycles. The molecule has 0 saturated heterocycles. The first kappa shape index (κ1) is 25.0. The SMILES string of the molecule is CC(C)(C)c1ccc(C(=O)N/N=C/c2cn(-c3ccc([N+](=O)[O-])cc3)nc2-c2ccc(Br)cc2)cc1. The number of carbonyl (C=O) groups is 1. The molecule has 0 radical (unpaired) electrons. The molecule has 0 fully saturated rings. The smallest absolute Gasteiger partial charge is 0.267 e. The van der Waals surface area contributed by atoms with Gasteiger partial charge >= 0.3 is 0 Å². The van der Waals surface area contributed by atoms with Crippen molar-refractivity contribution in [1.29, 1.82) is 0 Å². The first-order chi connectivity index (χ1) is 17.1. The second kappa shape index (κ2) is 10.2. The third-order valence-electron chi connectivity index (χ3n) is 5.57. The fourth-order valence-corrected chi connectivity index (χ4v) is 3.78. The van der Waals surface area contributed by atoms with E-state index in [4.69, 9.17) is 0 Å². The van der Waals surface area contributed by atoms with Crippen LogP contribution < -0.4 is 5.43 Å². The van der Waals surface area contributed by atoms with Crippen LogP contribution in [-0.2, 0) is 5.41 Å². The second-order valence-corrected chi connectivity index (χ2v) is 10.1. The van der Waals surface area contributed by atoms with Crippen LogP contribution >= 0.6 is 15.9 Å². The number of carbonyl (C=O) groups excluding carboxylic acids is 1. The Morgan fingerprint density at radius 2 is 1.67 bits per heavy atom. The van der Waals surface area contributed by atoms with Crippen LogP contribution in [-0.4, -0.2) is 26.8 Å². The van der Waals surface area contributed by atoms with E-state index in [-0.39, 0.29) is 17.0 Å². The summed E-state index contributed by atoms with van der Waals surface area (Å²) in [6, 6.07) is 21.2. The molecule has 8 nitrogen and oxygen atoms in total. The number of nitro benzene ring substituents is 1. The lowest BCUT2D eigenvalue weighted by atomic mass is 9.87. The maximum atomic E-state index is 12.6. The topological polar surface area (TPSA) is 102 Å². The predicted molar refractivity (Wildman–Crippen MR) is 144 cm³/mol. The van der Waals surface area contributed by atoms with Crippen LogP contribution in [0.3, 0.4) is 0 Å². The molecule has 3 aromatic carbocycles. The Labute approximate surface area is 216 Å². The molecular formula is C27H24BrN5O3. The van der Waals surface area contributed by atoms with Crippen LogP contribution in [0.2, 0.25) is 0 Å². The zero-order valence-corrected chi connectivity index (χ0v) is 21.6. The van der Waals surface area contributed by atoms with Gasteiger partial charge in [0.1, 0.15) is 5.69 Å². The van der Waals surface area contributed by atoms with Gasteiger partial charge in [0.15, 0.2) is 0 Å². The highest BCUT2D eigenvalue weighted by molar-refractivity contribution is 9.10. The van der Waals surface area contributed by atoms with E-state index in [1.807, 2.05) is 36.4 Å². The highest BCUT2D eigenvalue weighted by Crippen LogP contribution is 2.25. The first-order valence-electron chi connectivity index (χ1n) is 11.2. The van der Waals surface area contributed by atoms with Crippen molar-refractivity contribution < 1.29 is 9.72 Å². The summed E-state index contributed by atoms with van der Waals surface area (Å²) in [5.74, 6) is -0.320. The average molecular weight is 546 g/mol. The molecule has 9 heteroatoms. The Balaban J connectivity index is 1.60. The normalized spacial score (nSPS) is 11.6. The predicted octanol–water partition coefficient (Wildman–Crippen LogP) is 6.27. The summed E-state index contributed by atoms with van der Waals surface area (Å²) in [6.45, 7) is 6.35. The lowest BCUT2D eigenvalue weighted by Gasteiger charge is -2.18. The molecule has 4 aromatic rings. The largest absolute Gasteiger partial charge is 0.271 e. The van der Waals surface area contributed by atoms with E-state index in [1.54, 1.807) is 35.1 Å². The molecule has 1 amide bonds. The van der Waals surface area contributed by atoms with Crippen molar-refractivity contribution in [3.05, 3.63) is 110 Å². The Hall–Kier alpha value is -4.11. The van der Waals surface area contributed by atoms with Crippen LogP contribution in [0.25, 0.3) is 16.9 Å². The van der Waals surface area contributed by atoms with Gasteiger partial charge in [-0.1, -0.05) is 61.0 Å². The molecule has 0 aliphatic rings. The molecule has 0 bridgehead atoms. The zero-order valence-electron chi connectivity index (χ0n) is 20.0. The number of hydrogen-bond donors (Lipinski definition) is 1. The van der Waals surface area contributed by atoms with Crippen LogP contribution in [0.4, 0.5) is 5.69 Å². The minimum absolute atomic E-state index is 0.000411. The highest BCUT2D eigenvalue weighted by Gasteiger charge is 2.15. The van der Waals surface area contributed by atoms with Crippen molar-refractivity contribution in [3.8, 4) is 16.9 Å². The summed E-state index contributed by atoms with van der Waals surface area (Å²) in [5, 5.41) is 19.8. The lowest BCUT2D eigenvalue weighted by molar-refractivity contribution is -0.384.